The standard InChI is InChI=1S/C9H16O4S/c1-4-5-9(7-6-8(2)3)13-14(10,11)12/h4,6,9H,1,5,7H2,2-3H3,(H,10,11,12). The summed E-state index contributed by atoms with van der Waals surface area (Å²) in [4.78, 5) is 0. The number of hydrogen-bond acceptors (Lipinski definition) is 3. The van der Waals surface area contributed by atoms with E-state index in [1.807, 2.05) is 19.9 Å². The Bertz CT molecular complexity index is 299. The van der Waals surface area contributed by atoms with E-state index in [1.165, 1.54) is 0 Å². The molecule has 1 N–H and O–H groups in total. The van der Waals surface area contributed by atoms with Gasteiger partial charge in [-0.15, -0.1) is 6.58 Å². The second kappa shape index (κ2) is 5.95. The lowest BCUT2D eigenvalue weighted by Gasteiger charge is -2.11. The number of allylic oxidation sites excluding steroid dienone is 1. The summed E-state index contributed by atoms with van der Waals surface area (Å²) in [5, 5.41) is 0. The minimum Gasteiger partial charge on any atom is -0.264 e. The summed E-state index contributed by atoms with van der Waals surface area (Å²) >= 11 is 0. The minimum absolute atomic E-state index is 0.379. The number of hydrogen-bond donors (Lipinski definition) is 1. The van der Waals surface area contributed by atoms with Crippen molar-refractivity contribution in [2.24, 2.45) is 0 Å². The van der Waals surface area contributed by atoms with E-state index in [0.29, 0.717) is 12.8 Å². The highest BCUT2D eigenvalue weighted by Crippen LogP contribution is 2.10. The highest BCUT2D eigenvalue weighted by atomic mass is 32.3. The molecule has 4 nitrogen and oxygen atoms in total. The summed E-state index contributed by atoms with van der Waals surface area (Å²) in [6.07, 6.45) is 3.64. The largest absolute Gasteiger partial charge is 0.397 e. The fraction of sp³-hybridized carbons (Fsp3) is 0.556. The van der Waals surface area contributed by atoms with Gasteiger partial charge < -0.3 is 0 Å². The molecule has 14 heavy (non-hydrogen) atoms. The zero-order chi connectivity index (χ0) is 11.2. The Morgan fingerprint density at radius 1 is 1.50 bits per heavy atom. The zero-order valence-corrected chi connectivity index (χ0v) is 9.25. The van der Waals surface area contributed by atoms with Gasteiger partial charge in [-0.25, -0.2) is 4.18 Å². The topological polar surface area (TPSA) is 63.6 Å². The monoisotopic (exact) mass is 220 g/mol. The van der Waals surface area contributed by atoms with Gasteiger partial charge in [0.1, 0.15) is 0 Å². The molecule has 0 saturated carbocycles. The Kier molecular flexibility index (Phi) is 5.68. The second-order valence-corrected chi connectivity index (χ2v) is 4.24. The van der Waals surface area contributed by atoms with Crippen LogP contribution in [0.3, 0.4) is 0 Å². The van der Waals surface area contributed by atoms with E-state index < -0.39 is 16.5 Å². The maximum atomic E-state index is 10.4. The van der Waals surface area contributed by atoms with Gasteiger partial charge in [-0.3, -0.25) is 4.55 Å². The van der Waals surface area contributed by atoms with E-state index in [2.05, 4.69) is 10.8 Å². The summed E-state index contributed by atoms with van der Waals surface area (Å²) in [7, 11) is -4.37. The Labute approximate surface area is 85.2 Å². The first kappa shape index (κ1) is 13.4. The quantitative estimate of drug-likeness (QED) is 0.550. The van der Waals surface area contributed by atoms with Crippen LogP contribution in [0.5, 0.6) is 0 Å². The summed E-state index contributed by atoms with van der Waals surface area (Å²) in [6, 6.07) is 0. The molecule has 0 radical (unpaired) electrons. The van der Waals surface area contributed by atoms with Gasteiger partial charge in [0.2, 0.25) is 0 Å². The molecule has 82 valence electrons. The fourth-order valence-electron chi connectivity index (χ4n) is 0.900. The molecular formula is C9H16O4S. The Hall–Kier alpha value is -0.650. The lowest BCUT2D eigenvalue weighted by Crippen LogP contribution is -2.16. The van der Waals surface area contributed by atoms with Gasteiger partial charge in [0, 0.05) is 0 Å². The molecule has 0 aromatic carbocycles. The predicted molar refractivity (Wildman–Crippen MR) is 55.3 cm³/mol. The lowest BCUT2D eigenvalue weighted by molar-refractivity contribution is 0.186. The van der Waals surface area contributed by atoms with E-state index in [9.17, 15) is 8.42 Å². The van der Waals surface area contributed by atoms with Crippen molar-refractivity contribution in [3.8, 4) is 0 Å². The van der Waals surface area contributed by atoms with E-state index in [-0.39, 0.29) is 0 Å². The van der Waals surface area contributed by atoms with Gasteiger partial charge in [-0.1, -0.05) is 17.7 Å². The SMILES string of the molecule is C=CCC(CC=C(C)C)OS(=O)(=O)O. The van der Waals surface area contributed by atoms with Crippen molar-refractivity contribution in [3.05, 3.63) is 24.3 Å². The van der Waals surface area contributed by atoms with Crippen molar-refractivity contribution in [1.29, 1.82) is 0 Å². The fourth-order valence-corrected chi connectivity index (χ4v) is 1.40. The van der Waals surface area contributed by atoms with Crippen LogP contribution in [0.2, 0.25) is 0 Å². The molecular weight excluding hydrogens is 204 g/mol. The molecule has 0 aliphatic rings. The smallest absolute Gasteiger partial charge is 0.264 e. The van der Waals surface area contributed by atoms with Crippen molar-refractivity contribution >= 4 is 10.4 Å². The summed E-state index contributed by atoms with van der Waals surface area (Å²) in [5.74, 6) is 0. The molecule has 0 fully saturated rings. The summed E-state index contributed by atoms with van der Waals surface area (Å²) in [6.45, 7) is 7.28. The van der Waals surface area contributed by atoms with Crippen LogP contribution in [0.1, 0.15) is 26.7 Å². The number of rotatable bonds is 6. The molecule has 0 aliphatic heterocycles. The zero-order valence-electron chi connectivity index (χ0n) is 8.43. The van der Waals surface area contributed by atoms with Crippen LogP contribution in [-0.4, -0.2) is 19.1 Å². The first-order valence-electron chi connectivity index (χ1n) is 4.25. The molecule has 1 unspecified atom stereocenters. The minimum atomic E-state index is -4.37. The molecule has 0 aliphatic carbocycles. The van der Waals surface area contributed by atoms with Crippen molar-refractivity contribution in [2.75, 3.05) is 0 Å². The Balaban J connectivity index is 4.30. The molecule has 0 spiro atoms. The molecule has 0 rings (SSSR count). The van der Waals surface area contributed by atoms with Gasteiger partial charge in [-0.05, 0) is 26.7 Å². The third kappa shape index (κ3) is 7.97. The third-order valence-corrected chi connectivity index (χ3v) is 1.99. The summed E-state index contributed by atoms with van der Waals surface area (Å²) in [5.41, 5.74) is 1.07. The first-order valence-corrected chi connectivity index (χ1v) is 5.61. The van der Waals surface area contributed by atoms with Crippen LogP contribution in [-0.2, 0) is 14.6 Å². The third-order valence-electron chi connectivity index (χ3n) is 1.48. The van der Waals surface area contributed by atoms with Crippen molar-refractivity contribution < 1.29 is 17.2 Å². The van der Waals surface area contributed by atoms with Gasteiger partial charge in [0.15, 0.2) is 0 Å². The molecule has 5 heteroatoms. The van der Waals surface area contributed by atoms with Crippen LogP contribution in [0.15, 0.2) is 24.3 Å². The molecule has 0 aromatic rings. The van der Waals surface area contributed by atoms with Crippen molar-refractivity contribution in [2.45, 2.75) is 32.8 Å². The predicted octanol–water partition coefficient (Wildman–Crippen LogP) is 2.11. The Morgan fingerprint density at radius 2 is 2.07 bits per heavy atom. The highest BCUT2D eigenvalue weighted by Gasteiger charge is 2.14. The molecule has 0 bridgehead atoms. The molecule has 0 aromatic heterocycles. The normalized spacial score (nSPS) is 13.4. The van der Waals surface area contributed by atoms with E-state index >= 15 is 0 Å². The van der Waals surface area contributed by atoms with Crippen LogP contribution < -0.4 is 0 Å². The highest BCUT2D eigenvalue weighted by molar-refractivity contribution is 7.80. The molecule has 0 amide bonds. The van der Waals surface area contributed by atoms with Crippen LogP contribution in [0, 0.1) is 0 Å². The van der Waals surface area contributed by atoms with E-state index in [4.69, 9.17) is 4.55 Å². The van der Waals surface area contributed by atoms with Gasteiger partial charge in [0.25, 0.3) is 0 Å². The molecule has 0 heterocycles. The van der Waals surface area contributed by atoms with E-state index in [0.717, 1.165) is 5.57 Å². The second-order valence-electron chi connectivity index (χ2n) is 3.19. The van der Waals surface area contributed by atoms with Crippen LogP contribution in [0.25, 0.3) is 0 Å². The maximum Gasteiger partial charge on any atom is 0.397 e. The van der Waals surface area contributed by atoms with Crippen molar-refractivity contribution in [3.63, 3.8) is 0 Å². The average Bonchev–Trinajstić information content (AvgIpc) is 1.98. The molecule has 0 saturated heterocycles. The van der Waals surface area contributed by atoms with Crippen molar-refractivity contribution in [1.82, 2.24) is 0 Å². The van der Waals surface area contributed by atoms with Gasteiger partial charge in [-0.2, -0.15) is 8.42 Å². The first-order chi connectivity index (χ1) is 6.35. The maximum absolute atomic E-state index is 10.4. The Morgan fingerprint density at radius 3 is 2.43 bits per heavy atom. The van der Waals surface area contributed by atoms with Gasteiger partial charge in [0.05, 0.1) is 6.10 Å². The molecule has 1 atom stereocenters. The summed E-state index contributed by atoms with van der Waals surface area (Å²) < 4.78 is 33.8. The van der Waals surface area contributed by atoms with Crippen LogP contribution in [0.4, 0.5) is 0 Å². The van der Waals surface area contributed by atoms with Crippen LogP contribution >= 0.6 is 0 Å². The van der Waals surface area contributed by atoms with E-state index in [1.54, 1.807) is 6.08 Å². The average molecular weight is 220 g/mol. The lowest BCUT2D eigenvalue weighted by atomic mass is 10.1. The van der Waals surface area contributed by atoms with Gasteiger partial charge >= 0.3 is 10.4 Å².